The molecular formula is C17H22O4. The van der Waals surface area contributed by atoms with Gasteiger partial charge >= 0.3 is 11.9 Å². The molecule has 1 saturated heterocycles. The maximum Gasteiger partial charge on any atom is 0.309 e. The number of cyclic esters (lactones) is 1. The van der Waals surface area contributed by atoms with Crippen LogP contribution in [0.15, 0.2) is 0 Å². The molecule has 0 aromatic heterocycles. The van der Waals surface area contributed by atoms with Gasteiger partial charge in [-0.1, -0.05) is 6.92 Å². The molecule has 0 N–H and O–H groups in total. The Morgan fingerprint density at radius 1 is 1.14 bits per heavy atom. The van der Waals surface area contributed by atoms with Gasteiger partial charge in [0.2, 0.25) is 0 Å². The Bertz CT molecular complexity index is 515. The fourth-order valence-electron chi connectivity index (χ4n) is 6.93. The predicted octanol–water partition coefficient (Wildman–Crippen LogP) is 2.02. The third-order valence-electron chi connectivity index (χ3n) is 7.34. The van der Waals surface area contributed by atoms with Crippen LogP contribution in [0.2, 0.25) is 0 Å². The molecule has 4 nitrogen and oxygen atoms in total. The fourth-order valence-corrected chi connectivity index (χ4v) is 6.93. The van der Waals surface area contributed by atoms with Crippen molar-refractivity contribution >= 4 is 11.9 Å². The number of fused-ring (bicyclic) bond motifs is 12. The molecule has 4 saturated carbocycles. The molecular weight excluding hydrogens is 268 g/mol. The zero-order valence-corrected chi connectivity index (χ0v) is 12.4. The van der Waals surface area contributed by atoms with Crippen LogP contribution in [-0.2, 0) is 19.1 Å². The van der Waals surface area contributed by atoms with Gasteiger partial charge in [0, 0.05) is 12.3 Å². The van der Waals surface area contributed by atoms with Crippen molar-refractivity contribution in [3.8, 4) is 0 Å². The highest BCUT2D eigenvalue weighted by Crippen LogP contribution is 2.71. The van der Waals surface area contributed by atoms with Gasteiger partial charge in [-0.05, 0) is 54.8 Å². The van der Waals surface area contributed by atoms with Crippen molar-refractivity contribution in [2.45, 2.75) is 38.7 Å². The van der Waals surface area contributed by atoms with E-state index in [2.05, 4.69) is 0 Å². The third-order valence-corrected chi connectivity index (χ3v) is 7.34. The molecule has 114 valence electrons. The van der Waals surface area contributed by atoms with Crippen molar-refractivity contribution in [2.24, 2.45) is 47.3 Å². The Morgan fingerprint density at radius 3 is 2.81 bits per heavy atom. The van der Waals surface area contributed by atoms with E-state index in [4.69, 9.17) is 9.47 Å². The monoisotopic (exact) mass is 290 g/mol. The molecule has 0 radical (unpaired) electrons. The van der Waals surface area contributed by atoms with E-state index in [9.17, 15) is 9.59 Å². The van der Waals surface area contributed by atoms with E-state index in [0.717, 1.165) is 6.42 Å². The number of carbonyl (C=O) groups is 2. The minimum atomic E-state index is -0.0514. The summed E-state index contributed by atoms with van der Waals surface area (Å²) in [7, 11) is 0. The van der Waals surface area contributed by atoms with E-state index >= 15 is 0 Å². The summed E-state index contributed by atoms with van der Waals surface area (Å²) in [6.45, 7) is 2.51. The lowest BCUT2D eigenvalue weighted by Gasteiger charge is -2.41. The minimum absolute atomic E-state index is 0.0514. The molecule has 4 bridgehead atoms. The Morgan fingerprint density at radius 2 is 2.00 bits per heavy atom. The van der Waals surface area contributed by atoms with E-state index in [1.54, 1.807) is 0 Å². The summed E-state index contributed by atoms with van der Waals surface area (Å²) in [5.74, 6) is 4.54. The maximum absolute atomic E-state index is 12.0. The molecule has 9 atom stereocenters. The highest BCUT2D eigenvalue weighted by molar-refractivity contribution is 5.76. The van der Waals surface area contributed by atoms with E-state index in [1.807, 2.05) is 6.92 Å². The second kappa shape index (κ2) is 4.02. The van der Waals surface area contributed by atoms with E-state index < -0.39 is 0 Å². The molecule has 5 aliphatic rings. The average molecular weight is 290 g/mol. The quantitative estimate of drug-likeness (QED) is 0.577. The molecule has 9 unspecified atom stereocenters. The summed E-state index contributed by atoms with van der Waals surface area (Å²) in [5.41, 5.74) is 0. The number of esters is 2. The fraction of sp³-hybridized carbons (Fsp3) is 0.882. The van der Waals surface area contributed by atoms with Crippen molar-refractivity contribution in [3.63, 3.8) is 0 Å². The van der Waals surface area contributed by atoms with Gasteiger partial charge in [-0.2, -0.15) is 0 Å². The van der Waals surface area contributed by atoms with Crippen molar-refractivity contribution in [1.29, 1.82) is 0 Å². The Kier molecular flexibility index (Phi) is 2.39. The second-order valence-corrected chi connectivity index (χ2v) is 7.81. The molecule has 4 aliphatic carbocycles. The number of carbonyl (C=O) groups excluding carboxylic acids is 2. The molecule has 5 fully saturated rings. The highest BCUT2D eigenvalue weighted by Gasteiger charge is 2.70. The Labute approximate surface area is 124 Å². The van der Waals surface area contributed by atoms with Gasteiger partial charge in [-0.3, -0.25) is 9.59 Å². The molecule has 21 heavy (non-hydrogen) atoms. The van der Waals surface area contributed by atoms with Gasteiger partial charge in [0.25, 0.3) is 0 Å². The first-order valence-electron chi connectivity index (χ1n) is 8.55. The summed E-state index contributed by atoms with van der Waals surface area (Å²) >= 11 is 0. The van der Waals surface area contributed by atoms with Crippen molar-refractivity contribution in [2.75, 3.05) is 6.61 Å². The summed E-state index contributed by atoms with van der Waals surface area (Å²) < 4.78 is 11.0. The van der Waals surface area contributed by atoms with Gasteiger partial charge in [-0.25, -0.2) is 0 Å². The zero-order valence-electron chi connectivity index (χ0n) is 12.4. The molecule has 0 amide bonds. The molecule has 0 aromatic carbocycles. The van der Waals surface area contributed by atoms with Crippen LogP contribution in [0.1, 0.15) is 32.6 Å². The lowest BCUT2D eigenvalue weighted by Crippen LogP contribution is -2.43. The van der Waals surface area contributed by atoms with Gasteiger partial charge < -0.3 is 9.47 Å². The van der Waals surface area contributed by atoms with Crippen molar-refractivity contribution in [3.05, 3.63) is 0 Å². The van der Waals surface area contributed by atoms with E-state index in [-0.39, 0.29) is 24.0 Å². The van der Waals surface area contributed by atoms with Crippen LogP contribution in [0.5, 0.6) is 0 Å². The third kappa shape index (κ3) is 1.42. The van der Waals surface area contributed by atoms with Crippen LogP contribution in [-0.4, -0.2) is 24.6 Å². The van der Waals surface area contributed by atoms with Crippen LogP contribution in [0.25, 0.3) is 0 Å². The van der Waals surface area contributed by atoms with E-state index in [1.165, 1.54) is 12.8 Å². The summed E-state index contributed by atoms with van der Waals surface area (Å²) in [5, 5.41) is 0. The van der Waals surface area contributed by atoms with Gasteiger partial charge in [-0.15, -0.1) is 0 Å². The summed E-state index contributed by atoms with van der Waals surface area (Å²) in [6.07, 6.45) is 4.10. The number of hydrogen-bond acceptors (Lipinski definition) is 4. The molecule has 5 rings (SSSR count). The molecule has 1 heterocycles. The normalized spacial score (nSPS) is 55.5. The Hall–Kier alpha value is -1.06. The first-order chi connectivity index (χ1) is 10.2. The first-order valence-corrected chi connectivity index (χ1v) is 8.55. The van der Waals surface area contributed by atoms with Crippen LogP contribution in [0.3, 0.4) is 0 Å². The van der Waals surface area contributed by atoms with E-state index in [0.29, 0.717) is 54.5 Å². The first kappa shape index (κ1) is 12.5. The largest absolute Gasteiger partial charge is 0.465 e. The predicted molar refractivity (Wildman–Crippen MR) is 72.9 cm³/mol. The highest BCUT2D eigenvalue weighted by atomic mass is 16.5. The van der Waals surface area contributed by atoms with Crippen LogP contribution >= 0.6 is 0 Å². The summed E-state index contributed by atoms with van der Waals surface area (Å²) in [6, 6.07) is 0. The van der Waals surface area contributed by atoms with Crippen LogP contribution in [0, 0.1) is 47.3 Å². The minimum Gasteiger partial charge on any atom is -0.465 e. The lowest BCUT2D eigenvalue weighted by atomic mass is 9.63. The maximum atomic E-state index is 12.0. The zero-order chi connectivity index (χ0) is 14.3. The number of rotatable bonds is 2. The van der Waals surface area contributed by atoms with Crippen LogP contribution in [0.4, 0.5) is 0 Å². The van der Waals surface area contributed by atoms with Crippen molar-refractivity contribution in [1.82, 2.24) is 0 Å². The smallest absolute Gasteiger partial charge is 0.309 e. The Balaban J connectivity index is 1.41. The molecule has 4 heteroatoms. The SMILES string of the molecule is CCC(=O)OC1CC2CC1C1C3CC(C4C(=O)OCC34)C21. The van der Waals surface area contributed by atoms with Gasteiger partial charge in [0.1, 0.15) is 6.10 Å². The van der Waals surface area contributed by atoms with Crippen LogP contribution < -0.4 is 0 Å². The number of ether oxygens (including phenoxy) is 2. The standard InChI is InChI=1S/C17H22O4/c1-2-13(18)21-12-4-7-3-9(12)15-8-5-10(14(7)15)16-11(8)6-20-17(16)19/h7-12,14-16H,2-6H2,1H3. The topological polar surface area (TPSA) is 52.6 Å². The second-order valence-electron chi connectivity index (χ2n) is 7.81. The van der Waals surface area contributed by atoms with Crippen molar-refractivity contribution < 1.29 is 19.1 Å². The lowest BCUT2D eigenvalue weighted by molar-refractivity contribution is -0.154. The summed E-state index contributed by atoms with van der Waals surface area (Å²) in [4.78, 5) is 23.6. The molecule has 0 aromatic rings. The molecule has 1 aliphatic heterocycles. The van der Waals surface area contributed by atoms with Gasteiger partial charge in [0.15, 0.2) is 0 Å². The molecule has 0 spiro atoms. The number of hydrogen-bond donors (Lipinski definition) is 0. The average Bonchev–Trinajstić information content (AvgIpc) is 3.20. The van der Waals surface area contributed by atoms with Gasteiger partial charge in [0.05, 0.1) is 12.5 Å².